The molecule has 0 saturated heterocycles. The number of rotatable bonds is 8. The average molecular weight is 535 g/mol. The van der Waals surface area contributed by atoms with Gasteiger partial charge in [0.15, 0.2) is 0 Å². The lowest BCUT2D eigenvalue weighted by atomic mass is 10.1. The molecular weight excluding hydrogens is 516 g/mol. The fourth-order valence-corrected chi connectivity index (χ4v) is 5.28. The maximum atomic E-state index is 13.2. The number of pyridine rings is 1. The summed E-state index contributed by atoms with van der Waals surface area (Å²) in [5, 5.41) is 9.71. The number of nitrogens with one attached hydrogen (secondary N) is 1. The first-order valence-corrected chi connectivity index (χ1v) is 12.9. The summed E-state index contributed by atoms with van der Waals surface area (Å²) in [6.07, 6.45) is 6.45. The highest BCUT2D eigenvalue weighted by molar-refractivity contribution is 7.16. The van der Waals surface area contributed by atoms with Crippen molar-refractivity contribution in [1.82, 2.24) is 24.3 Å². The van der Waals surface area contributed by atoms with E-state index < -0.39 is 0 Å². The smallest absolute Gasteiger partial charge is 0.290 e. The predicted octanol–water partition coefficient (Wildman–Crippen LogP) is 5.27. The van der Waals surface area contributed by atoms with Crippen molar-refractivity contribution in [3.05, 3.63) is 109 Å². The van der Waals surface area contributed by atoms with Crippen LogP contribution >= 0.6 is 34.3 Å². The molecule has 5 rings (SSSR count). The largest absolute Gasteiger partial charge is 0.365 e. The molecule has 0 saturated carbocycles. The van der Waals surface area contributed by atoms with Gasteiger partial charge in [0.2, 0.25) is 0 Å². The van der Waals surface area contributed by atoms with E-state index in [1.54, 1.807) is 41.2 Å². The molecule has 36 heavy (non-hydrogen) atoms. The predicted molar refractivity (Wildman–Crippen MR) is 144 cm³/mol. The minimum atomic E-state index is -0.264. The highest BCUT2D eigenvalue weighted by Gasteiger charge is 2.20. The zero-order valence-corrected chi connectivity index (χ0v) is 21.2. The van der Waals surface area contributed by atoms with E-state index in [0.29, 0.717) is 50.6 Å². The Labute approximate surface area is 219 Å². The molecular formula is C25H19ClN6O2S2. The molecule has 0 aromatic carbocycles. The molecule has 8 nitrogen and oxygen atoms in total. The number of carbonyl (C=O) groups is 1. The number of hydrogen-bond acceptors (Lipinski definition) is 8. The van der Waals surface area contributed by atoms with Crippen LogP contribution in [0.3, 0.4) is 0 Å². The number of anilines is 1. The standard InChI is InChI=1S/C25H19ClN6O2S2/c1-2-16-13-31(14-17-7-8-27-15-29-17)24(33)10-19(16)20-11-23(28-12-18-5-6-22(26)36-18)32(30-20)25(34)21-4-3-9-35-21/h2-11,13,15,28H,1,12,14H2. The van der Waals surface area contributed by atoms with E-state index in [-0.39, 0.29) is 11.5 Å². The van der Waals surface area contributed by atoms with Gasteiger partial charge in [0.1, 0.15) is 12.1 Å². The summed E-state index contributed by atoms with van der Waals surface area (Å²) in [5.74, 6) is 0.244. The fraction of sp³-hybridized carbons (Fsp3) is 0.0800. The molecule has 5 heterocycles. The lowest BCUT2D eigenvalue weighted by Crippen LogP contribution is -2.21. The Kier molecular flexibility index (Phi) is 6.90. The Hall–Kier alpha value is -3.86. The zero-order valence-electron chi connectivity index (χ0n) is 18.8. The van der Waals surface area contributed by atoms with Gasteiger partial charge >= 0.3 is 0 Å². The Morgan fingerprint density at radius 2 is 2.11 bits per heavy atom. The van der Waals surface area contributed by atoms with Crippen molar-refractivity contribution in [3.8, 4) is 11.3 Å². The van der Waals surface area contributed by atoms with Gasteiger partial charge in [-0.3, -0.25) is 9.59 Å². The molecule has 1 N–H and O–H groups in total. The second kappa shape index (κ2) is 10.4. The summed E-state index contributed by atoms with van der Waals surface area (Å²) in [6, 6.07) is 12.3. The average Bonchev–Trinajstić information content (AvgIpc) is 3.65. The van der Waals surface area contributed by atoms with Crippen molar-refractivity contribution in [2.24, 2.45) is 0 Å². The monoisotopic (exact) mass is 534 g/mol. The number of hydrogen-bond donors (Lipinski definition) is 1. The molecule has 0 aliphatic rings. The van der Waals surface area contributed by atoms with E-state index in [2.05, 4.69) is 27.0 Å². The second-order valence-electron chi connectivity index (χ2n) is 7.68. The molecule has 0 aliphatic carbocycles. The number of aromatic nitrogens is 5. The highest BCUT2D eigenvalue weighted by atomic mass is 35.5. The summed E-state index contributed by atoms with van der Waals surface area (Å²) in [4.78, 5) is 35.9. The Balaban J connectivity index is 1.53. The minimum absolute atomic E-state index is 0.226. The van der Waals surface area contributed by atoms with Crippen molar-refractivity contribution < 1.29 is 4.79 Å². The maximum absolute atomic E-state index is 13.2. The van der Waals surface area contributed by atoms with Crippen LogP contribution in [0, 0.1) is 0 Å². The molecule has 5 aromatic heterocycles. The van der Waals surface area contributed by atoms with Crippen molar-refractivity contribution >= 4 is 52.1 Å². The third-order valence-corrected chi connectivity index (χ3v) is 7.42. The van der Waals surface area contributed by atoms with Gasteiger partial charge in [-0.05, 0) is 35.2 Å². The molecule has 5 aromatic rings. The molecule has 11 heteroatoms. The van der Waals surface area contributed by atoms with Gasteiger partial charge in [-0.15, -0.1) is 22.7 Å². The first-order chi connectivity index (χ1) is 17.5. The van der Waals surface area contributed by atoms with E-state index in [1.807, 2.05) is 23.6 Å². The van der Waals surface area contributed by atoms with Gasteiger partial charge in [0.05, 0.1) is 33.7 Å². The van der Waals surface area contributed by atoms with Crippen LogP contribution in [0.25, 0.3) is 17.3 Å². The van der Waals surface area contributed by atoms with Crippen LogP contribution < -0.4 is 10.9 Å². The van der Waals surface area contributed by atoms with Gasteiger partial charge in [0, 0.05) is 35.0 Å². The summed E-state index contributed by atoms with van der Waals surface area (Å²) in [6.45, 7) is 4.67. The maximum Gasteiger partial charge on any atom is 0.290 e. The molecule has 0 atom stereocenters. The molecule has 0 unspecified atom stereocenters. The quantitative estimate of drug-likeness (QED) is 0.291. The molecule has 0 aliphatic heterocycles. The van der Waals surface area contributed by atoms with Gasteiger partial charge in [-0.2, -0.15) is 9.78 Å². The minimum Gasteiger partial charge on any atom is -0.365 e. The Bertz CT molecular complexity index is 1590. The molecule has 0 fully saturated rings. The van der Waals surface area contributed by atoms with Crippen LogP contribution in [0.2, 0.25) is 4.34 Å². The fourth-order valence-electron chi connectivity index (χ4n) is 3.61. The first kappa shape index (κ1) is 23.9. The van der Waals surface area contributed by atoms with E-state index in [0.717, 1.165) is 4.88 Å². The molecule has 0 bridgehead atoms. The summed E-state index contributed by atoms with van der Waals surface area (Å²) >= 11 is 8.85. The Morgan fingerprint density at radius 1 is 1.22 bits per heavy atom. The number of thiophene rings is 2. The summed E-state index contributed by atoms with van der Waals surface area (Å²) < 4.78 is 3.57. The summed E-state index contributed by atoms with van der Waals surface area (Å²) in [7, 11) is 0. The molecule has 0 radical (unpaired) electrons. The van der Waals surface area contributed by atoms with Crippen LogP contribution in [0.4, 0.5) is 5.82 Å². The number of halogens is 1. The van der Waals surface area contributed by atoms with Crippen LogP contribution in [-0.4, -0.2) is 30.2 Å². The van der Waals surface area contributed by atoms with Crippen LogP contribution in [0.1, 0.15) is 25.8 Å². The van der Waals surface area contributed by atoms with Gasteiger partial charge in [-0.25, -0.2) is 9.97 Å². The SMILES string of the molecule is C=Cc1cn(Cc2ccncn2)c(=O)cc1-c1cc(NCc2ccc(Cl)s2)n(C(=O)c2cccs2)n1. The van der Waals surface area contributed by atoms with Crippen LogP contribution in [0.5, 0.6) is 0 Å². The van der Waals surface area contributed by atoms with Crippen molar-refractivity contribution in [3.63, 3.8) is 0 Å². The molecule has 180 valence electrons. The van der Waals surface area contributed by atoms with Gasteiger partial charge in [-0.1, -0.05) is 30.3 Å². The number of nitrogens with zero attached hydrogens (tertiary/aromatic N) is 5. The molecule has 0 amide bonds. The zero-order chi connectivity index (χ0) is 25.1. The topological polar surface area (TPSA) is 94.7 Å². The van der Waals surface area contributed by atoms with Crippen LogP contribution in [0.15, 0.2) is 77.9 Å². The lowest BCUT2D eigenvalue weighted by Gasteiger charge is -2.09. The lowest BCUT2D eigenvalue weighted by molar-refractivity contribution is 0.0952. The van der Waals surface area contributed by atoms with Crippen LogP contribution in [-0.2, 0) is 13.1 Å². The van der Waals surface area contributed by atoms with Crippen molar-refractivity contribution in [1.29, 1.82) is 0 Å². The second-order valence-corrected chi connectivity index (χ2v) is 10.4. The van der Waals surface area contributed by atoms with E-state index in [9.17, 15) is 9.59 Å². The summed E-state index contributed by atoms with van der Waals surface area (Å²) in [5.41, 5.74) is 2.24. The van der Waals surface area contributed by atoms with E-state index >= 15 is 0 Å². The van der Waals surface area contributed by atoms with E-state index in [1.165, 1.54) is 39.7 Å². The van der Waals surface area contributed by atoms with Gasteiger partial charge in [0.25, 0.3) is 11.5 Å². The number of carbonyl (C=O) groups excluding carboxylic acids is 1. The van der Waals surface area contributed by atoms with Gasteiger partial charge < -0.3 is 9.88 Å². The van der Waals surface area contributed by atoms with Crippen molar-refractivity contribution in [2.75, 3.05) is 5.32 Å². The third-order valence-electron chi connectivity index (χ3n) is 5.33. The van der Waals surface area contributed by atoms with E-state index in [4.69, 9.17) is 11.6 Å². The third kappa shape index (κ3) is 5.06. The normalized spacial score (nSPS) is 10.9. The molecule has 0 spiro atoms. The highest BCUT2D eigenvalue weighted by Crippen LogP contribution is 2.28. The first-order valence-electron chi connectivity index (χ1n) is 10.8. The Morgan fingerprint density at radius 3 is 2.81 bits per heavy atom. The van der Waals surface area contributed by atoms with Crippen molar-refractivity contribution in [2.45, 2.75) is 13.1 Å².